The molecule has 2 amide bonds. The van der Waals surface area contributed by atoms with E-state index in [4.69, 9.17) is 4.74 Å². The fourth-order valence-electron chi connectivity index (χ4n) is 3.30. The number of amides is 2. The average Bonchev–Trinajstić information content (AvgIpc) is 3.38. The maximum absolute atomic E-state index is 13.2. The molecule has 0 bridgehead atoms. The molecule has 1 aromatic rings. The van der Waals surface area contributed by atoms with Crippen LogP contribution in [0.2, 0.25) is 0 Å². The van der Waals surface area contributed by atoms with Crippen LogP contribution < -0.4 is 5.32 Å². The van der Waals surface area contributed by atoms with E-state index in [1.807, 2.05) is 0 Å². The molecule has 5 nitrogen and oxygen atoms in total. The van der Waals surface area contributed by atoms with Gasteiger partial charge in [-0.15, -0.1) is 0 Å². The van der Waals surface area contributed by atoms with E-state index in [0.717, 1.165) is 18.4 Å². The van der Waals surface area contributed by atoms with Gasteiger partial charge in [0.25, 0.3) is 0 Å². The lowest BCUT2D eigenvalue weighted by Gasteiger charge is -2.37. The Morgan fingerprint density at radius 2 is 2.12 bits per heavy atom. The molecule has 1 saturated heterocycles. The minimum Gasteiger partial charge on any atom is -0.393 e. The predicted molar refractivity (Wildman–Crippen MR) is 88.0 cm³/mol. The largest absolute Gasteiger partial charge is 0.393 e. The first kappa shape index (κ1) is 17.2. The van der Waals surface area contributed by atoms with Crippen molar-refractivity contribution in [2.45, 2.75) is 44.4 Å². The average molecular weight is 336 g/mol. The third-order valence-corrected chi connectivity index (χ3v) is 4.70. The molecule has 132 valence electrons. The van der Waals surface area contributed by atoms with Crippen molar-refractivity contribution < 1.29 is 19.0 Å². The second-order valence-corrected chi connectivity index (χ2v) is 6.82. The highest BCUT2D eigenvalue weighted by Gasteiger charge is 2.36. The number of halogens is 1. The van der Waals surface area contributed by atoms with Gasteiger partial charge in [-0.2, -0.15) is 0 Å². The van der Waals surface area contributed by atoms with Gasteiger partial charge in [0.15, 0.2) is 0 Å². The second-order valence-electron chi connectivity index (χ2n) is 6.82. The number of carbonyl (C=O) groups excluding carboxylic acids is 1. The van der Waals surface area contributed by atoms with Gasteiger partial charge in [0.1, 0.15) is 5.82 Å². The van der Waals surface area contributed by atoms with Crippen LogP contribution in [0.3, 0.4) is 0 Å². The van der Waals surface area contributed by atoms with E-state index in [0.29, 0.717) is 32.1 Å². The minimum atomic E-state index is -0.483. The molecule has 3 unspecified atom stereocenters. The zero-order chi connectivity index (χ0) is 17.1. The molecule has 24 heavy (non-hydrogen) atoms. The van der Waals surface area contributed by atoms with E-state index in [-0.39, 0.29) is 23.9 Å². The van der Waals surface area contributed by atoms with Crippen LogP contribution in [0.25, 0.3) is 0 Å². The predicted octanol–water partition coefficient (Wildman–Crippen LogP) is 2.46. The highest BCUT2D eigenvalue weighted by Crippen LogP contribution is 2.41. The number of urea groups is 1. The van der Waals surface area contributed by atoms with Crippen molar-refractivity contribution >= 4 is 6.03 Å². The molecule has 1 aromatic carbocycles. The normalized spacial score (nSPS) is 23.6. The van der Waals surface area contributed by atoms with Crippen LogP contribution >= 0.6 is 0 Å². The van der Waals surface area contributed by atoms with Crippen molar-refractivity contribution in [1.82, 2.24) is 10.2 Å². The first-order valence-electron chi connectivity index (χ1n) is 8.63. The topological polar surface area (TPSA) is 61.8 Å². The number of hydrogen-bond acceptors (Lipinski definition) is 3. The van der Waals surface area contributed by atoms with Gasteiger partial charge in [-0.05, 0) is 49.8 Å². The van der Waals surface area contributed by atoms with Crippen LogP contribution in [0.1, 0.15) is 37.8 Å². The third-order valence-electron chi connectivity index (χ3n) is 4.70. The molecule has 2 N–H and O–H groups in total. The maximum Gasteiger partial charge on any atom is 0.318 e. The maximum atomic E-state index is 13.2. The number of hydrogen-bond donors (Lipinski definition) is 2. The van der Waals surface area contributed by atoms with E-state index in [9.17, 15) is 14.3 Å². The summed E-state index contributed by atoms with van der Waals surface area (Å²) in [6.45, 7) is 3.19. The number of aliphatic hydroxyl groups is 1. The molecule has 1 heterocycles. The van der Waals surface area contributed by atoms with Crippen LogP contribution in [0.4, 0.5) is 9.18 Å². The van der Waals surface area contributed by atoms with Gasteiger partial charge >= 0.3 is 6.03 Å². The van der Waals surface area contributed by atoms with Gasteiger partial charge in [-0.25, -0.2) is 9.18 Å². The third kappa shape index (κ3) is 4.24. The first-order valence-corrected chi connectivity index (χ1v) is 8.63. The number of carbonyl (C=O) groups is 1. The lowest BCUT2D eigenvalue weighted by Crippen LogP contribution is -2.54. The fraction of sp³-hybridized carbons (Fsp3) is 0.611. The van der Waals surface area contributed by atoms with Crippen LogP contribution in [-0.2, 0) is 4.74 Å². The van der Waals surface area contributed by atoms with Crippen molar-refractivity contribution in [1.29, 1.82) is 0 Å². The quantitative estimate of drug-likeness (QED) is 0.868. The van der Waals surface area contributed by atoms with Gasteiger partial charge in [-0.3, -0.25) is 0 Å². The van der Waals surface area contributed by atoms with E-state index in [1.165, 1.54) is 12.1 Å². The molecule has 1 aliphatic heterocycles. The van der Waals surface area contributed by atoms with Gasteiger partial charge in [0.05, 0.1) is 31.4 Å². The summed E-state index contributed by atoms with van der Waals surface area (Å²) >= 11 is 0. The molecular weight excluding hydrogens is 311 g/mol. The van der Waals surface area contributed by atoms with Crippen molar-refractivity contribution in [2.75, 3.05) is 19.8 Å². The van der Waals surface area contributed by atoms with E-state index in [2.05, 4.69) is 5.32 Å². The Morgan fingerprint density at radius 1 is 1.42 bits per heavy atom. The van der Waals surface area contributed by atoms with Crippen molar-refractivity contribution in [3.05, 3.63) is 35.6 Å². The zero-order valence-corrected chi connectivity index (χ0v) is 14.0. The summed E-state index contributed by atoms with van der Waals surface area (Å²) < 4.78 is 18.6. The molecule has 0 spiro atoms. The fourth-order valence-corrected chi connectivity index (χ4v) is 3.30. The van der Waals surface area contributed by atoms with Crippen molar-refractivity contribution in [3.63, 3.8) is 0 Å². The van der Waals surface area contributed by atoms with Gasteiger partial charge < -0.3 is 20.1 Å². The molecule has 6 heteroatoms. The molecule has 0 radical (unpaired) electrons. The second kappa shape index (κ2) is 7.49. The number of aliphatic hydroxyl groups excluding tert-OH is 1. The number of nitrogens with zero attached hydrogens (tertiary/aromatic N) is 1. The summed E-state index contributed by atoms with van der Waals surface area (Å²) in [5.41, 5.74) is 0.938. The summed E-state index contributed by atoms with van der Waals surface area (Å²) in [5, 5.41) is 12.8. The molecule has 1 saturated carbocycles. The lowest BCUT2D eigenvalue weighted by atomic mass is 10.0. The number of nitrogens with one attached hydrogen (secondary N) is 1. The minimum absolute atomic E-state index is 0.0897. The lowest BCUT2D eigenvalue weighted by molar-refractivity contribution is -0.00497. The van der Waals surface area contributed by atoms with E-state index in [1.54, 1.807) is 24.0 Å². The van der Waals surface area contributed by atoms with Crippen molar-refractivity contribution in [3.8, 4) is 0 Å². The van der Waals surface area contributed by atoms with Crippen LogP contribution in [0, 0.1) is 11.7 Å². The standard InChI is InChI=1S/C18H25FN2O3/c1-12(22)10-16-11-24-9-8-21(16)18(23)20-17(13-2-3-13)14-4-6-15(19)7-5-14/h4-7,12-13,16-17,22H,2-3,8-11H2,1H3,(H,20,23). The molecule has 2 aliphatic rings. The molecule has 3 rings (SSSR count). The number of morpholine rings is 1. The summed E-state index contributed by atoms with van der Waals surface area (Å²) in [4.78, 5) is 14.5. The first-order chi connectivity index (χ1) is 11.5. The molecule has 2 fully saturated rings. The highest BCUT2D eigenvalue weighted by molar-refractivity contribution is 5.75. The van der Waals surface area contributed by atoms with Crippen LogP contribution in [0.15, 0.2) is 24.3 Å². The molecular formula is C18H25FN2O3. The van der Waals surface area contributed by atoms with Crippen molar-refractivity contribution in [2.24, 2.45) is 5.92 Å². The Hall–Kier alpha value is -1.66. The van der Waals surface area contributed by atoms with E-state index >= 15 is 0 Å². The molecule has 1 aliphatic carbocycles. The number of rotatable bonds is 5. The monoisotopic (exact) mass is 336 g/mol. The molecule has 0 aromatic heterocycles. The molecule has 3 atom stereocenters. The van der Waals surface area contributed by atoms with Gasteiger partial charge in [-0.1, -0.05) is 12.1 Å². The summed E-state index contributed by atoms with van der Waals surface area (Å²) in [7, 11) is 0. The summed E-state index contributed by atoms with van der Waals surface area (Å²) in [6, 6.07) is 6.00. The Balaban J connectivity index is 1.69. The number of ether oxygens (including phenoxy) is 1. The zero-order valence-electron chi connectivity index (χ0n) is 14.0. The smallest absolute Gasteiger partial charge is 0.318 e. The Morgan fingerprint density at radius 3 is 2.75 bits per heavy atom. The van der Waals surface area contributed by atoms with E-state index < -0.39 is 6.10 Å². The van der Waals surface area contributed by atoms with Crippen LogP contribution in [0.5, 0.6) is 0 Å². The Bertz CT molecular complexity index is 560. The Labute approximate surface area is 141 Å². The van der Waals surface area contributed by atoms with Gasteiger partial charge in [0, 0.05) is 6.54 Å². The SMILES string of the molecule is CC(O)CC1COCCN1C(=O)NC(c1ccc(F)cc1)C1CC1. The van der Waals surface area contributed by atoms with Crippen LogP contribution in [-0.4, -0.2) is 47.9 Å². The Kier molecular flexibility index (Phi) is 5.36. The number of benzene rings is 1. The highest BCUT2D eigenvalue weighted by atomic mass is 19.1. The van der Waals surface area contributed by atoms with Gasteiger partial charge in [0.2, 0.25) is 0 Å². The summed E-state index contributed by atoms with van der Waals surface area (Å²) in [5.74, 6) is 0.139. The summed E-state index contributed by atoms with van der Waals surface area (Å²) in [6.07, 6.45) is 2.16.